The number of fused-ring (bicyclic) bond motifs is 1. The van der Waals surface area contributed by atoms with Gasteiger partial charge in [-0.15, -0.1) is 4.52 Å². The summed E-state index contributed by atoms with van der Waals surface area (Å²) in [4.78, 5) is 21.9. The maximum atomic E-state index is 14.5. The molecule has 1 aliphatic heterocycles. The van der Waals surface area contributed by atoms with Gasteiger partial charge in [-0.2, -0.15) is 0 Å². The second-order valence-electron chi connectivity index (χ2n) is 6.92. The van der Waals surface area contributed by atoms with Gasteiger partial charge in [-0.25, -0.2) is 22.7 Å². The third-order valence-corrected chi connectivity index (χ3v) is 4.74. The number of benzene rings is 1. The number of nitrogens with one attached hydrogen (secondary N) is 1. The molecule has 0 radical (unpaired) electrons. The van der Waals surface area contributed by atoms with Gasteiger partial charge in [0.05, 0.1) is 6.54 Å². The summed E-state index contributed by atoms with van der Waals surface area (Å²) in [7, 11) is 0. The first-order chi connectivity index (χ1) is 13.2. The summed E-state index contributed by atoms with van der Waals surface area (Å²) >= 11 is 0. The maximum Gasteiger partial charge on any atom is 0.457 e. The van der Waals surface area contributed by atoms with Crippen molar-refractivity contribution in [3.63, 3.8) is 0 Å². The molecule has 6 nitrogen and oxygen atoms in total. The minimum Gasteiger partial charge on any atom is -0.332 e. The van der Waals surface area contributed by atoms with Crippen LogP contribution in [0.2, 0.25) is 0 Å². The number of alkyl halides is 2. The van der Waals surface area contributed by atoms with Crippen molar-refractivity contribution in [2.24, 2.45) is 0 Å². The molecule has 1 aliphatic rings. The van der Waals surface area contributed by atoms with Crippen LogP contribution in [0.5, 0.6) is 0 Å². The monoisotopic (exact) mass is 394 g/mol. The van der Waals surface area contributed by atoms with Crippen molar-refractivity contribution in [2.45, 2.75) is 25.2 Å². The number of nitrogens with zero attached hydrogens (tertiary/aromatic N) is 4. The zero-order chi connectivity index (χ0) is 20.1. The van der Waals surface area contributed by atoms with Gasteiger partial charge in [0.1, 0.15) is 11.4 Å². The van der Waals surface area contributed by atoms with Gasteiger partial charge >= 0.3 is 5.78 Å². The predicted molar refractivity (Wildman–Crippen MR) is 88.8 cm³/mol. The van der Waals surface area contributed by atoms with Crippen molar-refractivity contribution in [3.05, 3.63) is 59.2 Å². The van der Waals surface area contributed by atoms with Crippen LogP contribution in [0.25, 0.3) is 5.78 Å². The molecule has 3 heterocycles. The average Bonchev–Trinajstić information content (AvgIpc) is 3.09. The number of halogens is 4. The van der Waals surface area contributed by atoms with E-state index in [4.69, 9.17) is 0 Å². The SMILES string of the molecule is Cc1cc([C@@H]2CN(C(=O)c3ccc(F)c(F)c3)CC(F)(F)C2)[n+]2[nH]cnc2n1. The van der Waals surface area contributed by atoms with E-state index in [0.29, 0.717) is 17.2 Å². The fourth-order valence-electron chi connectivity index (χ4n) is 3.56. The zero-order valence-electron chi connectivity index (χ0n) is 14.8. The highest BCUT2D eigenvalue weighted by molar-refractivity contribution is 5.94. The molecule has 28 heavy (non-hydrogen) atoms. The number of hydrogen-bond acceptors (Lipinski definition) is 3. The van der Waals surface area contributed by atoms with Gasteiger partial charge in [-0.3, -0.25) is 4.79 Å². The van der Waals surface area contributed by atoms with E-state index in [1.165, 1.54) is 10.8 Å². The van der Waals surface area contributed by atoms with Gasteiger partial charge in [0.2, 0.25) is 0 Å². The number of aromatic amines is 1. The van der Waals surface area contributed by atoms with E-state index in [9.17, 15) is 22.4 Å². The number of hydrogen-bond donors (Lipinski definition) is 1. The molecule has 10 heteroatoms. The molecule has 0 saturated carbocycles. The van der Waals surface area contributed by atoms with Crippen LogP contribution in [0, 0.1) is 18.6 Å². The minimum absolute atomic E-state index is 0.00199. The smallest absolute Gasteiger partial charge is 0.332 e. The first-order valence-corrected chi connectivity index (χ1v) is 8.58. The van der Waals surface area contributed by atoms with Crippen LogP contribution in [0.4, 0.5) is 17.6 Å². The van der Waals surface area contributed by atoms with Crippen LogP contribution in [-0.2, 0) is 0 Å². The number of aromatic nitrogens is 4. The fraction of sp³-hybridized carbons (Fsp3) is 0.333. The van der Waals surface area contributed by atoms with E-state index in [2.05, 4.69) is 15.1 Å². The van der Waals surface area contributed by atoms with Gasteiger partial charge in [0.15, 0.2) is 18.0 Å². The number of H-pyrrole nitrogens is 1. The van der Waals surface area contributed by atoms with Crippen molar-refractivity contribution >= 4 is 11.7 Å². The molecule has 0 unspecified atom stereocenters. The van der Waals surface area contributed by atoms with Gasteiger partial charge in [-0.1, -0.05) is 9.97 Å². The van der Waals surface area contributed by atoms with E-state index < -0.39 is 42.3 Å². The number of carbonyl (C=O) groups excluding carboxylic acids is 1. The van der Waals surface area contributed by atoms with Crippen LogP contribution in [-0.4, -0.2) is 44.9 Å². The van der Waals surface area contributed by atoms with Gasteiger partial charge in [-0.05, 0) is 25.1 Å². The Morgan fingerprint density at radius 1 is 1.29 bits per heavy atom. The third kappa shape index (κ3) is 3.30. The minimum atomic E-state index is -3.14. The van der Waals surface area contributed by atoms with Crippen molar-refractivity contribution in [1.29, 1.82) is 0 Å². The molecule has 1 amide bonds. The lowest BCUT2D eigenvalue weighted by Gasteiger charge is -2.37. The molecule has 3 aromatic rings. The van der Waals surface area contributed by atoms with Crippen molar-refractivity contribution in [3.8, 4) is 0 Å². The summed E-state index contributed by atoms with van der Waals surface area (Å²) in [5.41, 5.74) is 0.942. The summed E-state index contributed by atoms with van der Waals surface area (Å²) in [5.74, 6) is -6.59. The number of rotatable bonds is 2. The average molecular weight is 394 g/mol. The largest absolute Gasteiger partial charge is 0.457 e. The molecule has 1 fully saturated rings. The third-order valence-electron chi connectivity index (χ3n) is 4.74. The molecule has 1 saturated heterocycles. The van der Waals surface area contributed by atoms with E-state index in [1.54, 1.807) is 13.0 Å². The number of aryl methyl sites for hydroxylation is 1. The molecule has 146 valence electrons. The second-order valence-corrected chi connectivity index (χ2v) is 6.92. The topological polar surface area (TPSA) is 66.0 Å². The first kappa shape index (κ1) is 18.3. The Bertz CT molecular complexity index is 1070. The summed E-state index contributed by atoms with van der Waals surface area (Å²) in [5, 5.41) is 2.83. The molecular weight excluding hydrogens is 378 g/mol. The number of carbonyl (C=O) groups is 1. The Morgan fingerprint density at radius 2 is 2.07 bits per heavy atom. The fourth-order valence-corrected chi connectivity index (χ4v) is 3.56. The van der Waals surface area contributed by atoms with Crippen LogP contribution in [0.3, 0.4) is 0 Å². The first-order valence-electron chi connectivity index (χ1n) is 8.58. The number of amides is 1. The highest BCUT2D eigenvalue weighted by Crippen LogP contribution is 2.36. The van der Waals surface area contributed by atoms with E-state index in [-0.39, 0.29) is 12.1 Å². The Hall–Kier alpha value is -3.04. The lowest BCUT2D eigenvalue weighted by molar-refractivity contribution is -0.590. The Labute approximate surface area is 156 Å². The summed E-state index contributed by atoms with van der Waals surface area (Å²) in [6.07, 6.45) is 0.940. The Kier molecular flexibility index (Phi) is 4.28. The Balaban J connectivity index is 1.69. The van der Waals surface area contributed by atoms with Gasteiger partial charge in [0, 0.05) is 30.5 Å². The lowest BCUT2D eigenvalue weighted by Crippen LogP contribution is -2.50. The second kappa shape index (κ2) is 6.54. The summed E-state index contributed by atoms with van der Waals surface area (Å²) in [6, 6.07) is 4.27. The van der Waals surface area contributed by atoms with E-state index in [0.717, 1.165) is 23.1 Å². The maximum absolute atomic E-state index is 14.5. The Morgan fingerprint density at radius 3 is 2.82 bits per heavy atom. The summed E-state index contributed by atoms with van der Waals surface area (Å²) < 4.78 is 57.0. The van der Waals surface area contributed by atoms with E-state index in [1.807, 2.05) is 0 Å². The highest BCUT2D eigenvalue weighted by Gasteiger charge is 2.44. The highest BCUT2D eigenvalue weighted by atomic mass is 19.3. The van der Waals surface area contributed by atoms with Crippen LogP contribution >= 0.6 is 0 Å². The van der Waals surface area contributed by atoms with Crippen molar-refractivity contribution in [1.82, 2.24) is 20.0 Å². The predicted octanol–water partition coefficient (Wildman–Crippen LogP) is 2.40. The molecule has 0 aliphatic carbocycles. The molecule has 0 bridgehead atoms. The molecule has 1 N–H and O–H groups in total. The van der Waals surface area contributed by atoms with Crippen molar-refractivity contribution in [2.75, 3.05) is 13.1 Å². The normalized spacial score (nSPS) is 19.2. The standard InChI is InChI=1S/C18H15F4N5O/c1-10-4-15(27-17(25-10)23-9-24-27)12-6-18(21,22)8-26(7-12)16(28)11-2-3-13(19)14(20)5-11/h2-5,9,12H,6-8H2,1H3/p+1/t12-/m0/s1. The molecule has 0 spiro atoms. The summed E-state index contributed by atoms with van der Waals surface area (Å²) in [6.45, 7) is 0.934. The van der Waals surface area contributed by atoms with Crippen LogP contribution < -0.4 is 4.52 Å². The molecule has 4 rings (SSSR count). The lowest BCUT2D eigenvalue weighted by atomic mass is 9.91. The van der Waals surface area contributed by atoms with Crippen LogP contribution in [0.15, 0.2) is 30.6 Å². The van der Waals surface area contributed by atoms with E-state index >= 15 is 0 Å². The molecule has 2 aromatic heterocycles. The molecule has 1 atom stereocenters. The van der Waals surface area contributed by atoms with Gasteiger partial charge in [0.25, 0.3) is 11.8 Å². The van der Waals surface area contributed by atoms with Crippen LogP contribution in [0.1, 0.15) is 34.1 Å². The van der Waals surface area contributed by atoms with Crippen molar-refractivity contribution < 1.29 is 26.9 Å². The van der Waals surface area contributed by atoms with Gasteiger partial charge < -0.3 is 4.90 Å². The molecule has 1 aromatic carbocycles. The molecular formula is C18H16F4N5O+. The number of piperidine rings is 1. The zero-order valence-corrected chi connectivity index (χ0v) is 14.8. The number of likely N-dealkylation sites (tertiary alicyclic amines) is 1. The quantitative estimate of drug-likeness (QED) is 0.536.